The highest BCUT2D eigenvalue weighted by molar-refractivity contribution is 5.11. The number of aliphatic hydroxyl groups is 4. The van der Waals surface area contributed by atoms with Crippen LogP contribution in [0, 0.1) is 40.4 Å². The van der Waals surface area contributed by atoms with E-state index in [1.165, 1.54) is 32.1 Å². The molecule has 144 valence electrons. The normalized spacial score (nSPS) is 53.6. The molecule has 0 bridgehead atoms. The lowest BCUT2D eigenvalue weighted by atomic mass is 9.44. The zero-order valence-electron chi connectivity index (χ0n) is 16.0. The van der Waals surface area contributed by atoms with E-state index in [9.17, 15) is 20.4 Å². The van der Waals surface area contributed by atoms with Crippen LogP contribution in [0.2, 0.25) is 0 Å². The average Bonchev–Trinajstić information content (AvgIpc) is 2.85. The molecule has 4 heteroatoms. The van der Waals surface area contributed by atoms with E-state index in [1.807, 2.05) is 0 Å². The van der Waals surface area contributed by atoms with Gasteiger partial charge in [0.1, 0.15) is 0 Å². The first-order valence-corrected chi connectivity index (χ1v) is 10.4. The Morgan fingerprint density at radius 1 is 0.800 bits per heavy atom. The molecule has 0 aliphatic heterocycles. The fraction of sp³-hybridized carbons (Fsp3) is 1.00. The van der Waals surface area contributed by atoms with Crippen molar-refractivity contribution in [3.8, 4) is 0 Å². The fourth-order valence-electron chi connectivity index (χ4n) is 8.10. The minimum atomic E-state index is -2.40. The molecule has 1 unspecified atom stereocenters. The number of hydrogen-bond donors (Lipinski definition) is 4. The summed E-state index contributed by atoms with van der Waals surface area (Å²) in [5.41, 5.74) is 0.258. The van der Waals surface area contributed by atoms with Crippen molar-refractivity contribution in [2.24, 2.45) is 40.4 Å². The van der Waals surface area contributed by atoms with Gasteiger partial charge in [-0.05, 0) is 78.9 Å². The fourth-order valence-corrected chi connectivity index (χ4v) is 8.10. The minimum absolute atomic E-state index is 0.0826. The van der Waals surface area contributed by atoms with Gasteiger partial charge in [-0.25, -0.2) is 0 Å². The second kappa shape index (κ2) is 5.43. The molecule has 7 atom stereocenters. The van der Waals surface area contributed by atoms with E-state index >= 15 is 0 Å². The molecule has 4 aliphatic rings. The van der Waals surface area contributed by atoms with Crippen molar-refractivity contribution >= 4 is 0 Å². The first-order chi connectivity index (χ1) is 11.6. The van der Waals surface area contributed by atoms with Gasteiger partial charge in [-0.3, -0.25) is 0 Å². The molecular formula is C21H36O4. The van der Waals surface area contributed by atoms with Crippen LogP contribution in [0.25, 0.3) is 0 Å². The summed E-state index contributed by atoms with van der Waals surface area (Å²) in [6.07, 6.45) is 8.66. The molecule has 4 nitrogen and oxygen atoms in total. The number of hydrogen-bond acceptors (Lipinski definition) is 4. The Bertz CT molecular complexity index is 544. The summed E-state index contributed by atoms with van der Waals surface area (Å²) in [6, 6.07) is 0. The maximum absolute atomic E-state index is 10.4. The van der Waals surface area contributed by atoms with E-state index in [-0.39, 0.29) is 24.2 Å². The van der Waals surface area contributed by atoms with E-state index in [4.69, 9.17) is 0 Å². The lowest BCUT2D eigenvalue weighted by Gasteiger charge is -2.63. The minimum Gasteiger partial charge on any atom is -0.361 e. The van der Waals surface area contributed by atoms with Crippen LogP contribution in [-0.2, 0) is 0 Å². The molecule has 0 radical (unpaired) electrons. The van der Waals surface area contributed by atoms with Crippen molar-refractivity contribution in [2.45, 2.75) is 90.1 Å². The van der Waals surface area contributed by atoms with Gasteiger partial charge in [-0.15, -0.1) is 0 Å². The Hall–Kier alpha value is -0.160. The summed E-state index contributed by atoms with van der Waals surface area (Å²) in [5.74, 6) is -1.87. The van der Waals surface area contributed by atoms with Crippen molar-refractivity contribution in [3.05, 3.63) is 0 Å². The highest BCUT2D eigenvalue weighted by atomic mass is 16.6. The summed E-state index contributed by atoms with van der Waals surface area (Å²) in [7, 11) is 0. The Balaban J connectivity index is 1.65. The van der Waals surface area contributed by atoms with Crippen molar-refractivity contribution < 1.29 is 20.4 Å². The smallest absolute Gasteiger partial charge is 0.218 e. The molecule has 0 spiro atoms. The highest BCUT2D eigenvalue weighted by Crippen LogP contribution is 2.68. The van der Waals surface area contributed by atoms with E-state index in [2.05, 4.69) is 20.8 Å². The van der Waals surface area contributed by atoms with E-state index in [1.54, 1.807) is 0 Å². The Morgan fingerprint density at radius 2 is 1.48 bits per heavy atom. The van der Waals surface area contributed by atoms with Gasteiger partial charge >= 0.3 is 0 Å². The maximum Gasteiger partial charge on any atom is 0.218 e. The van der Waals surface area contributed by atoms with E-state index in [0.29, 0.717) is 17.3 Å². The monoisotopic (exact) mass is 352 g/mol. The molecule has 4 N–H and O–H groups in total. The molecule has 25 heavy (non-hydrogen) atoms. The Kier molecular flexibility index (Phi) is 3.96. The third-order valence-electron chi connectivity index (χ3n) is 9.55. The summed E-state index contributed by atoms with van der Waals surface area (Å²) < 4.78 is 0. The molecule has 0 aromatic rings. The summed E-state index contributed by atoms with van der Waals surface area (Å²) in [4.78, 5) is 0. The van der Waals surface area contributed by atoms with Crippen LogP contribution in [0.3, 0.4) is 0 Å². The predicted molar refractivity (Wildman–Crippen MR) is 95.2 cm³/mol. The third-order valence-corrected chi connectivity index (χ3v) is 9.55. The van der Waals surface area contributed by atoms with Gasteiger partial charge in [0.25, 0.3) is 0 Å². The van der Waals surface area contributed by atoms with Crippen LogP contribution in [0.15, 0.2) is 0 Å². The van der Waals surface area contributed by atoms with Crippen LogP contribution in [-0.4, -0.2) is 32.0 Å². The first kappa shape index (κ1) is 18.2. The summed E-state index contributed by atoms with van der Waals surface area (Å²) in [5, 5.41) is 41.1. The first-order valence-electron chi connectivity index (χ1n) is 10.4. The molecule has 4 saturated carbocycles. The van der Waals surface area contributed by atoms with Crippen molar-refractivity contribution in [3.63, 3.8) is 0 Å². The average molecular weight is 353 g/mol. The zero-order valence-corrected chi connectivity index (χ0v) is 16.0. The van der Waals surface area contributed by atoms with Gasteiger partial charge in [0, 0.05) is 12.8 Å². The largest absolute Gasteiger partial charge is 0.361 e. The molecule has 4 aliphatic carbocycles. The molecule has 0 amide bonds. The van der Waals surface area contributed by atoms with Gasteiger partial charge < -0.3 is 20.4 Å². The van der Waals surface area contributed by atoms with Crippen molar-refractivity contribution in [1.82, 2.24) is 0 Å². The summed E-state index contributed by atoms with van der Waals surface area (Å²) >= 11 is 0. The Labute approximate surface area is 151 Å². The van der Waals surface area contributed by atoms with Gasteiger partial charge in [0.15, 0.2) is 0 Å². The second-order valence-corrected chi connectivity index (χ2v) is 10.4. The SMILES string of the molecule is CC[C@H]1CC[C@H]2[C@@H]3CCC4CC(O)(O)C(O)(O)C[C@]4(C)[C@H]3CC[C@]12C. The quantitative estimate of drug-likeness (QED) is 0.547. The predicted octanol–water partition coefficient (Wildman–Crippen LogP) is 3.03. The van der Waals surface area contributed by atoms with Crippen LogP contribution >= 0.6 is 0 Å². The van der Waals surface area contributed by atoms with Crippen molar-refractivity contribution in [2.75, 3.05) is 0 Å². The Morgan fingerprint density at radius 3 is 2.16 bits per heavy atom. The molecule has 0 saturated heterocycles. The van der Waals surface area contributed by atoms with E-state index in [0.717, 1.165) is 24.7 Å². The third kappa shape index (κ3) is 2.33. The summed E-state index contributed by atoms with van der Waals surface area (Å²) in [6.45, 7) is 7.04. The molecular weight excluding hydrogens is 316 g/mol. The molecule has 0 aromatic carbocycles. The molecule has 4 rings (SSSR count). The van der Waals surface area contributed by atoms with Gasteiger partial charge in [-0.1, -0.05) is 27.2 Å². The maximum atomic E-state index is 10.4. The van der Waals surface area contributed by atoms with Crippen LogP contribution in [0.4, 0.5) is 0 Å². The van der Waals surface area contributed by atoms with Gasteiger partial charge in [-0.2, -0.15) is 0 Å². The van der Waals surface area contributed by atoms with E-state index < -0.39 is 11.6 Å². The lowest BCUT2D eigenvalue weighted by molar-refractivity contribution is -0.398. The van der Waals surface area contributed by atoms with Crippen molar-refractivity contribution in [1.29, 1.82) is 0 Å². The molecule has 0 heterocycles. The lowest BCUT2D eigenvalue weighted by Crippen LogP contribution is -2.66. The van der Waals surface area contributed by atoms with Gasteiger partial charge in [0.05, 0.1) is 0 Å². The standard InChI is InChI=1S/C21H36O4/c1-4-13-6-8-16-15-7-5-14-11-20(22,23)21(24,25)12-19(14,3)17(15)9-10-18(13,16)2/h13-17,22-25H,4-12H2,1-3H3/t13-,14?,15-,16-,17-,18+,19-/m0/s1. The van der Waals surface area contributed by atoms with Crippen LogP contribution < -0.4 is 0 Å². The van der Waals surface area contributed by atoms with Gasteiger partial charge in [0.2, 0.25) is 11.6 Å². The molecule has 0 aromatic heterocycles. The number of fused-ring (bicyclic) bond motifs is 5. The zero-order chi connectivity index (χ0) is 18.3. The van der Waals surface area contributed by atoms with Crippen LogP contribution in [0.5, 0.6) is 0 Å². The van der Waals surface area contributed by atoms with Crippen LogP contribution in [0.1, 0.15) is 78.6 Å². The molecule has 4 fully saturated rings. The second-order valence-electron chi connectivity index (χ2n) is 10.4. The highest BCUT2D eigenvalue weighted by Gasteiger charge is 2.66. The number of rotatable bonds is 1. The topological polar surface area (TPSA) is 80.9 Å².